The zero-order chi connectivity index (χ0) is 12.4. The number of halogens is 1. The van der Waals surface area contributed by atoms with Gasteiger partial charge in [0, 0.05) is 12.1 Å². The lowest BCUT2D eigenvalue weighted by atomic mass is 10.2. The van der Waals surface area contributed by atoms with E-state index in [0.717, 1.165) is 6.54 Å². The Kier molecular flexibility index (Phi) is 3.04. The minimum absolute atomic E-state index is 0.0447. The van der Waals surface area contributed by atoms with E-state index >= 15 is 0 Å². The van der Waals surface area contributed by atoms with Crippen molar-refractivity contribution in [1.82, 2.24) is 15.5 Å². The van der Waals surface area contributed by atoms with Crippen molar-refractivity contribution in [3.05, 3.63) is 35.9 Å². The topological polar surface area (TPSA) is 60.2 Å². The summed E-state index contributed by atoms with van der Waals surface area (Å²) in [6.45, 7) is 1.99. The standard InChI is InChI=1S/C12H12FN3O2/c13-9-3-1-8(2-4-9)12-15-11(16-18-12)10-7-17-6-5-14-10/h1-4,10,14H,5-7H2. The normalized spacial score (nSPS) is 19.9. The maximum Gasteiger partial charge on any atom is 0.257 e. The highest BCUT2D eigenvalue weighted by Crippen LogP contribution is 2.20. The molecule has 0 saturated carbocycles. The van der Waals surface area contributed by atoms with E-state index in [-0.39, 0.29) is 11.9 Å². The number of hydrogen-bond acceptors (Lipinski definition) is 5. The molecular formula is C12H12FN3O2. The van der Waals surface area contributed by atoms with Gasteiger partial charge in [0.1, 0.15) is 5.82 Å². The highest BCUT2D eigenvalue weighted by molar-refractivity contribution is 5.52. The summed E-state index contributed by atoms with van der Waals surface area (Å²) in [6, 6.07) is 5.90. The van der Waals surface area contributed by atoms with Crippen LogP contribution in [-0.2, 0) is 4.74 Å². The Morgan fingerprint density at radius 1 is 1.28 bits per heavy atom. The van der Waals surface area contributed by atoms with Crippen molar-refractivity contribution in [2.24, 2.45) is 0 Å². The minimum Gasteiger partial charge on any atom is -0.378 e. The third-order valence-corrected chi connectivity index (χ3v) is 2.77. The summed E-state index contributed by atoms with van der Waals surface area (Å²) < 4.78 is 23.3. The number of aromatic nitrogens is 2. The molecule has 94 valence electrons. The number of nitrogens with one attached hydrogen (secondary N) is 1. The summed E-state index contributed by atoms with van der Waals surface area (Å²) in [5.74, 6) is 0.659. The molecule has 1 aliphatic heterocycles. The van der Waals surface area contributed by atoms with Gasteiger partial charge in [-0.1, -0.05) is 5.16 Å². The number of rotatable bonds is 2. The second-order valence-corrected chi connectivity index (χ2v) is 4.05. The maximum atomic E-state index is 12.8. The van der Waals surface area contributed by atoms with Crippen LogP contribution in [0.2, 0.25) is 0 Å². The van der Waals surface area contributed by atoms with Gasteiger partial charge in [-0.2, -0.15) is 4.98 Å². The van der Waals surface area contributed by atoms with Crippen molar-refractivity contribution in [2.45, 2.75) is 6.04 Å². The summed E-state index contributed by atoms with van der Waals surface area (Å²) in [5.41, 5.74) is 0.701. The Labute approximate surface area is 103 Å². The number of nitrogens with zero attached hydrogens (tertiary/aromatic N) is 2. The second-order valence-electron chi connectivity index (χ2n) is 4.05. The summed E-state index contributed by atoms with van der Waals surface area (Å²) >= 11 is 0. The average molecular weight is 249 g/mol. The van der Waals surface area contributed by atoms with Gasteiger partial charge in [-0.15, -0.1) is 0 Å². The van der Waals surface area contributed by atoms with E-state index < -0.39 is 0 Å². The number of morpholine rings is 1. The zero-order valence-electron chi connectivity index (χ0n) is 9.60. The van der Waals surface area contributed by atoms with Crippen LogP contribution in [0.3, 0.4) is 0 Å². The lowest BCUT2D eigenvalue weighted by Crippen LogP contribution is -2.35. The first-order chi connectivity index (χ1) is 8.83. The van der Waals surface area contributed by atoms with Gasteiger partial charge in [0.25, 0.3) is 5.89 Å². The predicted octanol–water partition coefficient (Wildman–Crippen LogP) is 1.54. The van der Waals surface area contributed by atoms with Crippen molar-refractivity contribution in [3.63, 3.8) is 0 Å². The summed E-state index contributed by atoms with van der Waals surface area (Å²) in [4.78, 5) is 4.29. The van der Waals surface area contributed by atoms with Gasteiger partial charge >= 0.3 is 0 Å². The molecule has 1 aliphatic rings. The highest BCUT2D eigenvalue weighted by atomic mass is 19.1. The maximum absolute atomic E-state index is 12.8. The van der Waals surface area contributed by atoms with Gasteiger partial charge in [-0.3, -0.25) is 0 Å². The average Bonchev–Trinajstić information content (AvgIpc) is 2.90. The SMILES string of the molecule is Fc1ccc(-c2nc(C3COCCN3)no2)cc1. The molecule has 1 atom stereocenters. The van der Waals surface area contributed by atoms with Crippen molar-refractivity contribution in [2.75, 3.05) is 19.8 Å². The van der Waals surface area contributed by atoms with Crippen LogP contribution < -0.4 is 5.32 Å². The molecule has 2 heterocycles. The van der Waals surface area contributed by atoms with Crippen LogP contribution in [0.5, 0.6) is 0 Å². The fourth-order valence-corrected chi connectivity index (χ4v) is 1.82. The van der Waals surface area contributed by atoms with E-state index in [1.165, 1.54) is 12.1 Å². The van der Waals surface area contributed by atoms with E-state index in [9.17, 15) is 4.39 Å². The first kappa shape index (κ1) is 11.3. The van der Waals surface area contributed by atoms with Gasteiger partial charge < -0.3 is 14.6 Å². The van der Waals surface area contributed by atoms with Gasteiger partial charge in [-0.05, 0) is 24.3 Å². The highest BCUT2D eigenvalue weighted by Gasteiger charge is 2.21. The molecule has 18 heavy (non-hydrogen) atoms. The van der Waals surface area contributed by atoms with Crippen LogP contribution in [-0.4, -0.2) is 29.9 Å². The van der Waals surface area contributed by atoms with E-state index in [2.05, 4.69) is 15.5 Å². The van der Waals surface area contributed by atoms with Gasteiger partial charge in [0.05, 0.1) is 19.3 Å². The van der Waals surface area contributed by atoms with E-state index in [1.54, 1.807) is 12.1 Å². The molecule has 0 bridgehead atoms. The summed E-state index contributed by atoms with van der Waals surface area (Å²) in [7, 11) is 0. The molecule has 3 rings (SSSR count). The third kappa shape index (κ3) is 2.25. The van der Waals surface area contributed by atoms with Crippen molar-refractivity contribution in [3.8, 4) is 11.5 Å². The van der Waals surface area contributed by atoms with E-state index in [4.69, 9.17) is 9.26 Å². The largest absolute Gasteiger partial charge is 0.378 e. The second kappa shape index (κ2) is 4.83. The smallest absolute Gasteiger partial charge is 0.257 e. The van der Waals surface area contributed by atoms with Crippen LogP contribution in [0, 0.1) is 5.82 Å². The van der Waals surface area contributed by atoms with Crippen molar-refractivity contribution < 1.29 is 13.7 Å². The fraction of sp³-hybridized carbons (Fsp3) is 0.333. The van der Waals surface area contributed by atoms with Gasteiger partial charge in [-0.25, -0.2) is 4.39 Å². The molecular weight excluding hydrogens is 237 g/mol. The van der Waals surface area contributed by atoms with E-state index in [0.29, 0.717) is 30.5 Å². The summed E-state index contributed by atoms with van der Waals surface area (Å²) in [6.07, 6.45) is 0. The lowest BCUT2D eigenvalue weighted by molar-refractivity contribution is 0.0734. The van der Waals surface area contributed by atoms with Gasteiger partial charge in [0.2, 0.25) is 0 Å². The quantitative estimate of drug-likeness (QED) is 0.874. The molecule has 1 fully saturated rings. The molecule has 0 aliphatic carbocycles. The van der Waals surface area contributed by atoms with Crippen LogP contribution in [0.25, 0.3) is 11.5 Å². The van der Waals surface area contributed by atoms with Gasteiger partial charge in [0.15, 0.2) is 5.82 Å². The van der Waals surface area contributed by atoms with E-state index in [1.807, 2.05) is 0 Å². The molecule has 0 radical (unpaired) electrons. The number of hydrogen-bond donors (Lipinski definition) is 1. The minimum atomic E-state index is -0.291. The molecule has 0 amide bonds. The van der Waals surface area contributed by atoms with Crippen LogP contribution in [0.15, 0.2) is 28.8 Å². The van der Waals surface area contributed by atoms with Crippen molar-refractivity contribution >= 4 is 0 Å². The Balaban J connectivity index is 1.82. The van der Waals surface area contributed by atoms with Crippen LogP contribution >= 0.6 is 0 Å². The molecule has 1 unspecified atom stereocenters. The summed E-state index contributed by atoms with van der Waals surface area (Å²) in [5, 5.41) is 7.16. The Morgan fingerprint density at radius 3 is 2.83 bits per heavy atom. The molecule has 6 heteroatoms. The van der Waals surface area contributed by atoms with Crippen molar-refractivity contribution in [1.29, 1.82) is 0 Å². The number of benzene rings is 1. The number of ether oxygens (including phenoxy) is 1. The molecule has 1 N–H and O–H groups in total. The first-order valence-corrected chi connectivity index (χ1v) is 5.73. The van der Waals surface area contributed by atoms with Crippen LogP contribution in [0.4, 0.5) is 4.39 Å². The van der Waals surface area contributed by atoms with Crippen LogP contribution in [0.1, 0.15) is 11.9 Å². The molecule has 2 aromatic rings. The molecule has 0 spiro atoms. The Morgan fingerprint density at radius 2 is 2.11 bits per heavy atom. The molecule has 1 aromatic carbocycles. The molecule has 5 nitrogen and oxygen atoms in total. The Bertz CT molecular complexity index is 520. The molecule has 1 saturated heterocycles. The fourth-order valence-electron chi connectivity index (χ4n) is 1.82. The molecule has 1 aromatic heterocycles. The lowest BCUT2D eigenvalue weighted by Gasteiger charge is -2.20. The zero-order valence-corrected chi connectivity index (χ0v) is 9.60. The predicted molar refractivity (Wildman–Crippen MR) is 61.3 cm³/mol. The monoisotopic (exact) mass is 249 g/mol. The third-order valence-electron chi connectivity index (χ3n) is 2.77. The Hall–Kier alpha value is -1.79. The first-order valence-electron chi connectivity index (χ1n) is 5.73.